The molecule has 0 saturated carbocycles. The number of alkyl carbamates (subject to hydrolysis) is 1. The zero-order chi connectivity index (χ0) is 13.1. The van der Waals surface area contributed by atoms with Gasteiger partial charge in [0.05, 0.1) is 13.2 Å². The maximum Gasteiger partial charge on any atom is 0.415 e. The van der Waals surface area contributed by atoms with Gasteiger partial charge in [-0.15, -0.1) is 0 Å². The first kappa shape index (κ1) is 15.7. The molecule has 7 heteroatoms. The van der Waals surface area contributed by atoms with Crippen molar-refractivity contribution in [3.8, 4) is 0 Å². The molecule has 0 fully saturated rings. The van der Waals surface area contributed by atoms with Crippen LogP contribution in [0.3, 0.4) is 0 Å². The van der Waals surface area contributed by atoms with Crippen molar-refractivity contribution in [1.29, 1.82) is 0 Å². The average molecular weight is 248 g/mol. The van der Waals surface area contributed by atoms with Crippen molar-refractivity contribution < 1.29 is 23.8 Å². The van der Waals surface area contributed by atoms with Gasteiger partial charge in [0.1, 0.15) is 0 Å². The van der Waals surface area contributed by atoms with Gasteiger partial charge in [-0.05, 0) is 20.8 Å². The second-order valence-electron chi connectivity index (χ2n) is 2.90. The fraction of sp³-hybridized carbons (Fsp3) is 0.800. The first-order valence-electron chi connectivity index (χ1n) is 5.58. The zero-order valence-corrected chi connectivity index (χ0v) is 10.4. The highest BCUT2D eigenvalue weighted by Crippen LogP contribution is 1.93. The lowest BCUT2D eigenvalue weighted by Crippen LogP contribution is -2.43. The van der Waals surface area contributed by atoms with Gasteiger partial charge >= 0.3 is 12.1 Å². The molecule has 0 aliphatic rings. The van der Waals surface area contributed by atoms with Crippen LogP contribution in [0, 0.1) is 0 Å². The number of hydrogen-bond acceptors (Lipinski definition) is 5. The third-order valence-corrected chi connectivity index (χ3v) is 1.63. The lowest BCUT2D eigenvalue weighted by atomic mass is 10.6. The monoisotopic (exact) mass is 248 g/mol. The largest absolute Gasteiger partial charge is 0.450 e. The van der Waals surface area contributed by atoms with E-state index in [4.69, 9.17) is 9.47 Å². The van der Waals surface area contributed by atoms with Crippen LogP contribution in [-0.2, 0) is 14.2 Å². The molecule has 0 atom stereocenters. The number of amides is 3. The Morgan fingerprint density at radius 1 is 1.06 bits per heavy atom. The van der Waals surface area contributed by atoms with Gasteiger partial charge in [0.25, 0.3) is 0 Å². The van der Waals surface area contributed by atoms with Crippen LogP contribution in [0.2, 0.25) is 0 Å². The van der Waals surface area contributed by atoms with E-state index in [0.717, 1.165) is 0 Å². The second kappa shape index (κ2) is 9.86. The SMILES string of the molecule is CCOC(=O)NC(=O)NCC(OCC)OCC. The molecule has 0 unspecified atom stereocenters. The molecule has 0 heterocycles. The highest BCUT2D eigenvalue weighted by atomic mass is 16.7. The lowest BCUT2D eigenvalue weighted by Gasteiger charge is -2.17. The summed E-state index contributed by atoms with van der Waals surface area (Å²) in [5.41, 5.74) is 0. The maximum absolute atomic E-state index is 11.2. The summed E-state index contributed by atoms with van der Waals surface area (Å²) in [6, 6.07) is -0.646. The zero-order valence-electron chi connectivity index (χ0n) is 10.4. The molecule has 0 bridgehead atoms. The molecule has 0 aromatic heterocycles. The van der Waals surface area contributed by atoms with E-state index in [1.165, 1.54) is 0 Å². The Hall–Kier alpha value is -1.34. The van der Waals surface area contributed by atoms with Crippen molar-refractivity contribution in [3.63, 3.8) is 0 Å². The van der Waals surface area contributed by atoms with E-state index in [9.17, 15) is 9.59 Å². The van der Waals surface area contributed by atoms with E-state index >= 15 is 0 Å². The molecule has 0 aliphatic carbocycles. The number of nitrogens with one attached hydrogen (secondary N) is 2. The summed E-state index contributed by atoms with van der Waals surface area (Å²) in [5.74, 6) is 0. The number of ether oxygens (including phenoxy) is 3. The summed E-state index contributed by atoms with van der Waals surface area (Å²) >= 11 is 0. The summed E-state index contributed by atoms with van der Waals surface area (Å²) in [4.78, 5) is 22.1. The maximum atomic E-state index is 11.2. The van der Waals surface area contributed by atoms with E-state index in [0.29, 0.717) is 13.2 Å². The van der Waals surface area contributed by atoms with E-state index in [1.807, 2.05) is 19.2 Å². The Morgan fingerprint density at radius 2 is 1.65 bits per heavy atom. The van der Waals surface area contributed by atoms with Crippen LogP contribution >= 0.6 is 0 Å². The van der Waals surface area contributed by atoms with Crippen molar-refractivity contribution in [1.82, 2.24) is 10.6 Å². The first-order chi connectivity index (χ1) is 8.13. The lowest BCUT2D eigenvalue weighted by molar-refractivity contribution is -0.131. The van der Waals surface area contributed by atoms with Gasteiger partial charge in [-0.2, -0.15) is 0 Å². The van der Waals surface area contributed by atoms with E-state index in [-0.39, 0.29) is 13.2 Å². The standard InChI is InChI=1S/C10H20N2O5/c1-4-15-8(16-5-2)7-11-9(13)12-10(14)17-6-3/h8H,4-7H2,1-3H3,(H2,11,12,13,14). The molecule has 100 valence electrons. The second-order valence-corrected chi connectivity index (χ2v) is 2.90. The number of hydrogen-bond donors (Lipinski definition) is 2. The van der Waals surface area contributed by atoms with Crippen molar-refractivity contribution in [3.05, 3.63) is 0 Å². The van der Waals surface area contributed by atoms with Crippen molar-refractivity contribution >= 4 is 12.1 Å². The Labute approximate surface area is 101 Å². The molecule has 7 nitrogen and oxygen atoms in total. The third-order valence-electron chi connectivity index (χ3n) is 1.63. The smallest absolute Gasteiger partial charge is 0.415 e. The van der Waals surface area contributed by atoms with Gasteiger partial charge in [0.15, 0.2) is 6.29 Å². The van der Waals surface area contributed by atoms with E-state index in [2.05, 4.69) is 10.1 Å². The van der Waals surface area contributed by atoms with Crippen molar-refractivity contribution in [2.75, 3.05) is 26.4 Å². The third kappa shape index (κ3) is 8.47. The molecular formula is C10H20N2O5. The average Bonchev–Trinajstić information content (AvgIpc) is 2.27. The summed E-state index contributed by atoms with van der Waals surface area (Å²) in [7, 11) is 0. The Kier molecular flexibility index (Phi) is 9.08. The number of carbonyl (C=O) groups is 2. The highest BCUT2D eigenvalue weighted by Gasteiger charge is 2.12. The topological polar surface area (TPSA) is 85.9 Å². The molecule has 0 spiro atoms. The minimum Gasteiger partial charge on any atom is -0.450 e. The Bertz CT molecular complexity index is 229. The Morgan fingerprint density at radius 3 is 2.12 bits per heavy atom. The molecule has 0 aromatic rings. The van der Waals surface area contributed by atoms with Crippen LogP contribution in [0.4, 0.5) is 9.59 Å². The van der Waals surface area contributed by atoms with Gasteiger partial charge in [0, 0.05) is 13.2 Å². The van der Waals surface area contributed by atoms with Gasteiger partial charge in [0.2, 0.25) is 0 Å². The summed E-state index contributed by atoms with van der Waals surface area (Å²) < 4.78 is 14.9. The molecule has 17 heavy (non-hydrogen) atoms. The quantitative estimate of drug-likeness (QED) is 0.652. The van der Waals surface area contributed by atoms with Crippen LogP contribution in [0.15, 0.2) is 0 Å². The number of imide groups is 1. The van der Waals surface area contributed by atoms with Gasteiger partial charge in [-0.25, -0.2) is 14.9 Å². The molecular weight excluding hydrogens is 228 g/mol. The van der Waals surface area contributed by atoms with Crippen LogP contribution in [0.5, 0.6) is 0 Å². The molecule has 0 aromatic carbocycles. The number of rotatable bonds is 7. The normalized spacial score (nSPS) is 10.1. The van der Waals surface area contributed by atoms with E-state index in [1.54, 1.807) is 6.92 Å². The molecule has 0 radical (unpaired) electrons. The van der Waals surface area contributed by atoms with Gasteiger partial charge in [-0.1, -0.05) is 0 Å². The molecule has 0 aliphatic heterocycles. The van der Waals surface area contributed by atoms with Crippen LogP contribution in [0.25, 0.3) is 0 Å². The highest BCUT2D eigenvalue weighted by molar-refractivity contribution is 5.90. The van der Waals surface area contributed by atoms with Crippen LogP contribution < -0.4 is 10.6 Å². The minimum atomic E-state index is -0.783. The molecule has 3 amide bonds. The fourth-order valence-electron chi connectivity index (χ4n) is 1.02. The predicted octanol–water partition coefficient (Wildman–Crippen LogP) is 0.841. The predicted molar refractivity (Wildman–Crippen MR) is 60.6 cm³/mol. The number of urea groups is 1. The minimum absolute atomic E-state index is 0.160. The van der Waals surface area contributed by atoms with Crippen LogP contribution in [0.1, 0.15) is 20.8 Å². The van der Waals surface area contributed by atoms with Gasteiger partial charge in [-0.3, -0.25) is 0 Å². The number of carbonyl (C=O) groups excluding carboxylic acids is 2. The van der Waals surface area contributed by atoms with Gasteiger partial charge < -0.3 is 19.5 Å². The van der Waals surface area contributed by atoms with Crippen molar-refractivity contribution in [2.45, 2.75) is 27.1 Å². The summed E-state index contributed by atoms with van der Waals surface area (Å²) in [6.45, 7) is 6.62. The summed E-state index contributed by atoms with van der Waals surface area (Å²) in [5, 5.41) is 4.44. The fourth-order valence-corrected chi connectivity index (χ4v) is 1.02. The van der Waals surface area contributed by atoms with Crippen LogP contribution in [-0.4, -0.2) is 44.8 Å². The molecule has 2 N–H and O–H groups in total. The van der Waals surface area contributed by atoms with E-state index < -0.39 is 18.4 Å². The molecule has 0 saturated heterocycles. The Balaban J connectivity index is 3.82. The summed E-state index contributed by atoms with van der Waals surface area (Å²) in [6.07, 6.45) is -1.30. The first-order valence-corrected chi connectivity index (χ1v) is 5.58. The van der Waals surface area contributed by atoms with Crippen molar-refractivity contribution in [2.24, 2.45) is 0 Å². The molecule has 0 rings (SSSR count).